The molecule has 1 aromatic rings. The van der Waals surface area contributed by atoms with Crippen molar-refractivity contribution in [1.82, 2.24) is 9.03 Å². The molecule has 0 unspecified atom stereocenters. The molecule has 0 amide bonds. The van der Waals surface area contributed by atoms with Crippen LogP contribution in [-0.2, 0) is 10.2 Å². The Kier molecular flexibility index (Phi) is 4.88. The molecule has 0 spiro atoms. The van der Waals surface area contributed by atoms with Gasteiger partial charge >= 0.3 is 6.18 Å². The third-order valence-corrected chi connectivity index (χ3v) is 4.71. The summed E-state index contributed by atoms with van der Waals surface area (Å²) in [5.41, 5.74) is 1.02. The Morgan fingerprint density at radius 2 is 1.91 bits per heavy atom. The van der Waals surface area contributed by atoms with Gasteiger partial charge in [0.15, 0.2) is 0 Å². The van der Waals surface area contributed by atoms with Crippen molar-refractivity contribution in [2.45, 2.75) is 12.6 Å². The molecule has 9 heteroatoms. The number of alkyl halides is 3. The van der Waals surface area contributed by atoms with Gasteiger partial charge < -0.3 is 0 Å². The van der Waals surface area contributed by atoms with E-state index >= 15 is 0 Å². The van der Waals surface area contributed by atoms with Gasteiger partial charge in [-0.05, 0) is 18.1 Å². The first-order chi connectivity index (χ1) is 10.2. The SMILES string of the molecule is O=S(=O)(NCC(F)(F)F)N1CC=C(c2ccccc2F)CC1. The molecule has 0 aliphatic carbocycles. The second-order valence-electron chi connectivity index (χ2n) is 4.76. The Balaban J connectivity index is 2.06. The molecule has 22 heavy (non-hydrogen) atoms. The molecule has 0 saturated heterocycles. The van der Waals surface area contributed by atoms with Crippen molar-refractivity contribution in [3.63, 3.8) is 0 Å². The van der Waals surface area contributed by atoms with Crippen molar-refractivity contribution in [2.75, 3.05) is 19.6 Å². The molecular formula is C13H14F4N2O2S. The summed E-state index contributed by atoms with van der Waals surface area (Å²) in [4.78, 5) is 0. The van der Waals surface area contributed by atoms with E-state index in [1.165, 1.54) is 16.9 Å². The summed E-state index contributed by atoms with van der Waals surface area (Å²) >= 11 is 0. The predicted molar refractivity (Wildman–Crippen MR) is 73.5 cm³/mol. The van der Waals surface area contributed by atoms with Crippen LogP contribution in [0.1, 0.15) is 12.0 Å². The number of hydrogen-bond donors (Lipinski definition) is 1. The van der Waals surface area contributed by atoms with Crippen molar-refractivity contribution in [1.29, 1.82) is 0 Å². The zero-order valence-electron chi connectivity index (χ0n) is 11.4. The highest BCUT2D eigenvalue weighted by Gasteiger charge is 2.32. The lowest BCUT2D eigenvalue weighted by Gasteiger charge is -2.26. The predicted octanol–water partition coefficient (Wildman–Crippen LogP) is 2.31. The van der Waals surface area contributed by atoms with E-state index in [1.807, 2.05) is 0 Å². The largest absolute Gasteiger partial charge is 0.402 e. The minimum absolute atomic E-state index is 0.00659. The van der Waals surface area contributed by atoms with Crippen LogP contribution in [-0.4, -0.2) is 38.5 Å². The minimum atomic E-state index is -4.61. The summed E-state index contributed by atoms with van der Waals surface area (Å²) in [5.74, 6) is -0.416. The Morgan fingerprint density at radius 1 is 1.23 bits per heavy atom. The zero-order chi connectivity index (χ0) is 16.4. The Labute approximate surface area is 125 Å². The van der Waals surface area contributed by atoms with Gasteiger partial charge in [-0.2, -0.15) is 30.6 Å². The van der Waals surface area contributed by atoms with Gasteiger partial charge in [0.2, 0.25) is 0 Å². The summed E-state index contributed by atoms with van der Waals surface area (Å²) < 4.78 is 75.8. The molecule has 0 fully saturated rings. The van der Waals surface area contributed by atoms with Crippen molar-refractivity contribution in [3.05, 3.63) is 41.7 Å². The maximum Gasteiger partial charge on any atom is 0.402 e. The number of nitrogens with one attached hydrogen (secondary N) is 1. The van der Waals surface area contributed by atoms with Gasteiger partial charge in [0, 0.05) is 18.7 Å². The van der Waals surface area contributed by atoms with Crippen LogP contribution in [0.15, 0.2) is 30.3 Å². The normalized spacial score (nSPS) is 17.4. The maximum atomic E-state index is 13.6. The number of nitrogens with zero attached hydrogens (tertiary/aromatic N) is 1. The van der Waals surface area contributed by atoms with E-state index in [-0.39, 0.29) is 19.5 Å². The molecule has 4 nitrogen and oxygen atoms in total. The third-order valence-electron chi connectivity index (χ3n) is 3.19. The van der Waals surface area contributed by atoms with E-state index in [0.717, 1.165) is 4.31 Å². The topological polar surface area (TPSA) is 49.4 Å². The first-order valence-electron chi connectivity index (χ1n) is 6.44. The molecule has 1 heterocycles. The fourth-order valence-electron chi connectivity index (χ4n) is 2.10. The molecule has 122 valence electrons. The molecule has 1 aliphatic heterocycles. The van der Waals surface area contributed by atoms with E-state index < -0.39 is 28.7 Å². The molecule has 1 aromatic carbocycles. The fraction of sp³-hybridized carbons (Fsp3) is 0.385. The molecule has 0 bridgehead atoms. The van der Waals surface area contributed by atoms with Gasteiger partial charge in [-0.15, -0.1) is 0 Å². The second kappa shape index (κ2) is 6.35. The zero-order valence-corrected chi connectivity index (χ0v) is 12.2. The summed E-state index contributed by atoms with van der Waals surface area (Å²) in [5, 5.41) is 0. The summed E-state index contributed by atoms with van der Waals surface area (Å²) in [7, 11) is -4.21. The van der Waals surface area contributed by atoms with Crippen LogP contribution >= 0.6 is 0 Å². The average molecular weight is 338 g/mol. The van der Waals surface area contributed by atoms with E-state index in [1.54, 1.807) is 18.2 Å². The lowest BCUT2D eigenvalue weighted by Crippen LogP contribution is -2.45. The van der Waals surface area contributed by atoms with Crippen LogP contribution in [0.3, 0.4) is 0 Å². The first kappa shape index (κ1) is 16.9. The van der Waals surface area contributed by atoms with Crippen LogP contribution < -0.4 is 4.72 Å². The highest BCUT2D eigenvalue weighted by molar-refractivity contribution is 7.87. The fourth-order valence-corrected chi connectivity index (χ4v) is 3.23. The first-order valence-corrected chi connectivity index (χ1v) is 7.88. The third kappa shape index (κ3) is 4.28. The van der Waals surface area contributed by atoms with Crippen LogP contribution in [0.4, 0.5) is 17.6 Å². The summed E-state index contributed by atoms with van der Waals surface area (Å²) in [6.45, 7) is -1.72. The Hall–Kier alpha value is -1.45. The van der Waals surface area contributed by atoms with Crippen molar-refractivity contribution in [3.8, 4) is 0 Å². The number of halogens is 4. The molecule has 0 atom stereocenters. The van der Waals surface area contributed by atoms with E-state index in [4.69, 9.17) is 0 Å². The van der Waals surface area contributed by atoms with Crippen LogP contribution in [0.2, 0.25) is 0 Å². The molecule has 0 saturated carbocycles. The Bertz CT molecular complexity index is 671. The van der Waals surface area contributed by atoms with Crippen LogP contribution in [0, 0.1) is 5.82 Å². The van der Waals surface area contributed by atoms with Gasteiger partial charge in [-0.1, -0.05) is 24.3 Å². The maximum absolute atomic E-state index is 13.6. The van der Waals surface area contributed by atoms with Crippen LogP contribution in [0.5, 0.6) is 0 Å². The van der Waals surface area contributed by atoms with Crippen molar-refractivity contribution in [2.24, 2.45) is 0 Å². The molecule has 2 rings (SSSR count). The highest BCUT2D eigenvalue weighted by Crippen LogP contribution is 2.25. The van der Waals surface area contributed by atoms with Gasteiger partial charge in [0.05, 0.1) is 0 Å². The van der Waals surface area contributed by atoms with Gasteiger partial charge in [-0.25, -0.2) is 4.39 Å². The number of hydrogen-bond acceptors (Lipinski definition) is 2. The standard InChI is InChI=1S/C13H14F4N2O2S/c14-12-4-2-1-3-11(12)10-5-7-19(8-6-10)22(20,21)18-9-13(15,16)17/h1-5,18H,6-9H2. The van der Waals surface area contributed by atoms with E-state index in [9.17, 15) is 26.0 Å². The monoisotopic (exact) mass is 338 g/mol. The number of rotatable bonds is 4. The number of benzene rings is 1. The molecule has 1 aliphatic rings. The second-order valence-corrected chi connectivity index (χ2v) is 6.51. The summed E-state index contributed by atoms with van der Waals surface area (Å²) in [6.07, 6.45) is -2.88. The lowest BCUT2D eigenvalue weighted by atomic mass is 10.00. The minimum Gasteiger partial charge on any atom is -0.206 e. The van der Waals surface area contributed by atoms with Crippen molar-refractivity contribution >= 4 is 15.8 Å². The van der Waals surface area contributed by atoms with Crippen molar-refractivity contribution < 1.29 is 26.0 Å². The lowest BCUT2D eigenvalue weighted by molar-refractivity contribution is -0.121. The quantitative estimate of drug-likeness (QED) is 0.857. The van der Waals surface area contributed by atoms with Gasteiger partial charge in [-0.3, -0.25) is 0 Å². The highest BCUT2D eigenvalue weighted by atomic mass is 32.2. The molecule has 1 N–H and O–H groups in total. The summed E-state index contributed by atoms with van der Waals surface area (Å²) in [6, 6.07) is 6.07. The molecule has 0 aromatic heterocycles. The average Bonchev–Trinajstić information content (AvgIpc) is 2.45. The van der Waals surface area contributed by atoms with Crippen LogP contribution in [0.25, 0.3) is 5.57 Å². The Morgan fingerprint density at radius 3 is 2.45 bits per heavy atom. The van der Waals surface area contributed by atoms with Gasteiger partial charge in [0.25, 0.3) is 10.2 Å². The van der Waals surface area contributed by atoms with E-state index in [0.29, 0.717) is 11.1 Å². The molecular weight excluding hydrogens is 324 g/mol. The molecule has 0 radical (unpaired) electrons. The van der Waals surface area contributed by atoms with E-state index in [2.05, 4.69) is 0 Å². The smallest absolute Gasteiger partial charge is 0.206 e. The van der Waals surface area contributed by atoms with Gasteiger partial charge in [0.1, 0.15) is 12.4 Å².